The van der Waals surface area contributed by atoms with Crippen molar-refractivity contribution >= 4 is 23.1 Å². The molecule has 0 saturated carbocycles. The molecule has 0 radical (unpaired) electrons. The largest absolute Gasteiger partial charge is 0.379 e. The fraction of sp³-hybridized carbons (Fsp3) is 0.440. The molecule has 2 N–H and O–H groups in total. The Labute approximate surface area is 189 Å². The third kappa shape index (κ3) is 4.49. The van der Waals surface area contributed by atoms with E-state index < -0.39 is 5.54 Å². The molecule has 1 spiro atoms. The van der Waals surface area contributed by atoms with Gasteiger partial charge in [-0.15, -0.1) is 0 Å². The Morgan fingerprint density at radius 2 is 1.75 bits per heavy atom. The average Bonchev–Trinajstić information content (AvgIpc) is 2.84. The van der Waals surface area contributed by atoms with Crippen molar-refractivity contribution in [1.82, 2.24) is 9.80 Å². The van der Waals surface area contributed by atoms with Crippen LogP contribution in [0.5, 0.6) is 0 Å². The van der Waals surface area contributed by atoms with Crippen molar-refractivity contribution in [3.8, 4) is 0 Å². The number of rotatable bonds is 4. The van der Waals surface area contributed by atoms with Gasteiger partial charge in [-0.2, -0.15) is 0 Å². The zero-order valence-corrected chi connectivity index (χ0v) is 18.4. The summed E-state index contributed by atoms with van der Waals surface area (Å²) >= 11 is 0. The summed E-state index contributed by atoms with van der Waals surface area (Å²) in [5.41, 5.74) is 2.87. The first-order valence-electron chi connectivity index (χ1n) is 11.5. The third-order valence-corrected chi connectivity index (χ3v) is 6.58. The molecule has 0 aromatic heterocycles. The molecule has 7 nitrogen and oxygen atoms in total. The molecule has 5 rings (SSSR count). The lowest BCUT2D eigenvalue weighted by Gasteiger charge is -2.47. The van der Waals surface area contributed by atoms with E-state index in [0.717, 1.165) is 49.7 Å². The molecule has 168 valence electrons. The molecule has 0 aliphatic carbocycles. The molecule has 7 heteroatoms. The van der Waals surface area contributed by atoms with Gasteiger partial charge in [-0.3, -0.25) is 14.7 Å². The predicted octanol–water partition coefficient (Wildman–Crippen LogP) is 2.82. The van der Waals surface area contributed by atoms with E-state index in [1.807, 2.05) is 35.2 Å². The smallest absolute Gasteiger partial charge is 0.236 e. The van der Waals surface area contributed by atoms with Crippen molar-refractivity contribution in [2.24, 2.45) is 4.99 Å². The summed E-state index contributed by atoms with van der Waals surface area (Å²) in [6.45, 7) is 5.52. The van der Waals surface area contributed by atoms with E-state index in [1.54, 1.807) is 0 Å². The summed E-state index contributed by atoms with van der Waals surface area (Å²) in [5.74, 6) is 1.11. The highest BCUT2D eigenvalue weighted by molar-refractivity contribution is 6.10. The maximum atomic E-state index is 13.2. The third-order valence-electron chi connectivity index (χ3n) is 6.58. The van der Waals surface area contributed by atoms with Crippen molar-refractivity contribution in [3.63, 3.8) is 0 Å². The summed E-state index contributed by atoms with van der Waals surface area (Å²) in [5, 5.41) is 7.36. The second-order valence-corrected chi connectivity index (χ2v) is 8.84. The van der Waals surface area contributed by atoms with E-state index in [9.17, 15) is 4.79 Å². The zero-order chi connectivity index (χ0) is 21.8. The molecule has 3 aliphatic rings. The molecule has 2 aromatic carbocycles. The fourth-order valence-electron chi connectivity index (χ4n) is 4.82. The number of carbonyl (C=O) groups excluding carboxylic acids is 1. The van der Waals surface area contributed by atoms with Crippen LogP contribution >= 0.6 is 0 Å². The number of amidine groups is 1. The van der Waals surface area contributed by atoms with Crippen LogP contribution in [0.25, 0.3) is 0 Å². The highest BCUT2D eigenvalue weighted by atomic mass is 16.5. The number of nitrogens with one attached hydrogen (secondary N) is 2. The molecular formula is C25H31N5O2. The van der Waals surface area contributed by atoms with Crippen LogP contribution < -0.4 is 10.6 Å². The van der Waals surface area contributed by atoms with Crippen LogP contribution in [0.2, 0.25) is 0 Å². The maximum Gasteiger partial charge on any atom is 0.236 e. The van der Waals surface area contributed by atoms with Crippen LogP contribution in [-0.4, -0.2) is 73.0 Å². The Morgan fingerprint density at radius 1 is 1.00 bits per heavy atom. The number of piperidine rings is 1. The minimum absolute atomic E-state index is 0.189. The Kier molecular flexibility index (Phi) is 6.10. The zero-order valence-electron chi connectivity index (χ0n) is 18.4. The van der Waals surface area contributed by atoms with Crippen molar-refractivity contribution in [1.29, 1.82) is 0 Å². The summed E-state index contributed by atoms with van der Waals surface area (Å²) in [7, 11) is 0. The number of hydrogen-bond donors (Lipinski definition) is 2. The number of likely N-dealkylation sites (tertiary alicyclic amines) is 1. The average molecular weight is 434 g/mol. The number of carbonyl (C=O) groups is 1. The summed E-state index contributed by atoms with van der Waals surface area (Å²) in [6.07, 6.45) is 1.87. The first-order chi connectivity index (χ1) is 15.7. The van der Waals surface area contributed by atoms with Gasteiger partial charge in [0.15, 0.2) is 0 Å². The van der Waals surface area contributed by atoms with Crippen LogP contribution in [-0.2, 0) is 16.1 Å². The summed E-state index contributed by atoms with van der Waals surface area (Å²) < 4.78 is 5.43. The molecule has 2 saturated heterocycles. The number of para-hydroxylation sites is 2. The Hall–Kier alpha value is -2.90. The van der Waals surface area contributed by atoms with E-state index in [-0.39, 0.29) is 5.91 Å². The molecular weight excluding hydrogens is 402 g/mol. The number of fused-ring (bicyclic) bond motifs is 1. The number of amides is 1. The second-order valence-electron chi connectivity index (χ2n) is 8.84. The van der Waals surface area contributed by atoms with E-state index in [1.165, 1.54) is 5.56 Å². The first kappa shape index (κ1) is 21.0. The summed E-state index contributed by atoms with van der Waals surface area (Å²) in [6, 6.07) is 18.5. The van der Waals surface area contributed by atoms with Gasteiger partial charge in [-0.1, -0.05) is 42.5 Å². The van der Waals surface area contributed by atoms with Gasteiger partial charge in [0, 0.05) is 19.6 Å². The van der Waals surface area contributed by atoms with Gasteiger partial charge in [0.25, 0.3) is 0 Å². The van der Waals surface area contributed by atoms with Gasteiger partial charge in [0.05, 0.1) is 44.2 Å². The highest BCUT2D eigenvalue weighted by Gasteiger charge is 2.44. The normalized spacial score (nSPS) is 24.6. The standard InChI is InChI=1S/C25H31N5O2/c31-23(18-29-13-15-32-16-14-29)30-12-6-11-25(19-30)24(26-17-20-7-2-1-3-8-20)27-21-9-4-5-10-22(21)28-25/h1-5,7-10,28H,6,11-19H2,(H,26,27). The molecule has 32 heavy (non-hydrogen) atoms. The van der Waals surface area contributed by atoms with E-state index >= 15 is 0 Å². The number of benzene rings is 2. The lowest BCUT2D eigenvalue weighted by atomic mass is 9.85. The Morgan fingerprint density at radius 3 is 2.56 bits per heavy atom. The predicted molar refractivity (Wildman–Crippen MR) is 127 cm³/mol. The van der Waals surface area contributed by atoms with Gasteiger partial charge in [0.1, 0.15) is 11.4 Å². The minimum Gasteiger partial charge on any atom is -0.379 e. The second kappa shape index (κ2) is 9.30. The van der Waals surface area contributed by atoms with Gasteiger partial charge in [-0.25, -0.2) is 0 Å². The fourth-order valence-corrected chi connectivity index (χ4v) is 4.82. The van der Waals surface area contributed by atoms with Gasteiger partial charge >= 0.3 is 0 Å². The molecule has 1 unspecified atom stereocenters. The Balaban J connectivity index is 1.38. The summed E-state index contributed by atoms with van der Waals surface area (Å²) in [4.78, 5) is 22.4. The van der Waals surface area contributed by atoms with Crippen LogP contribution in [0.1, 0.15) is 18.4 Å². The van der Waals surface area contributed by atoms with Crippen LogP contribution in [0.4, 0.5) is 11.4 Å². The molecule has 2 fully saturated rings. The molecule has 3 aliphatic heterocycles. The number of nitrogens with zero attached hydrogens (tertiary/aromatic N) is 3. The minimum atomic E-state index is -0.401. The van der Waals surface area contributed by atoms with Gasteiger partial charge < -0.3 is 20.3 Å². The quantitative estimate of drug-likeness (QED) is 0.776. The number of anilines is 2. The molecule has 0 bridgehead atoms. The first-order valence-corrected chi connectivity index (χ1v) is 11.5. The van der Waals surface area contributed by atoms with E-state index in [2.05, 4.69) is 39.8 Å². The van der Waals surface area contributed by atoms with Gasteiger partial charge in [0.2, 0.25) is 5.91 Å². The van der Waals surface area contributed by atoms with Crippen molar-refractivity contribution < 1.29 is 9.53 Å². The monoisotopic (exact) mass is 433 g/mol. The maximum absolute atomic E-state index is 13.2. The van der Waals surface area contributed by atoms with Gasteiger partial charge in [-0.05, 0) is 30.5 Å². The lowest BCUT2D eigenvalue weighted by Crippen LogP contribution is -2.63. The molecule has 1 atom stereocenters. The topological polar surface area (TPSA) is 69.2 Å². The lowest BCUT2D eigenvalue weighted by molar-refractivity contribution is -0.134. The van der Waals surface area contributed by atoms with E-state index in [0.29, 0.717) is 32.8 Å². The molecule has 3 heterocycles. The molecule has 1 amide bonds. The van der Waals surface area contributed by atoms with Crippen LogP contribution in [0.15, 0.2) is 59.6 Å². The van der Waals surface area contributed by atoms with Crippen LogP contribution in [0, 0.1) is 0 Å². The van der Waals surface area contributed by atoms with Crippen molar-refractivity contribution in [2.45, 2.75) is 24.9 Å². The number of hydrogen-bond acceptors (Lipinski definition) is 5. The van der Waals surface area contributed by atoms with Crippen molar-refractivity contribution in [2.75, 3.05) is 56.6 Å². The highest BCUT2D eigenvalue weighted by Crippen LogP contribution is 2.36. The number of morpholine rings is 1. The van der Waals surface area contributed by atoms with E-state index in [4.69, 9.17) is 9.73 Å². The van der Waals surface area contributed by atoms with Crippen LogP contribution in [0.3, 0.4) is 0 Å². The van der Waals surface area contributed by atoms with Crippen molar-refractivity contribution in [3.05, 3.63) is 60.2 Å². The molecule has 2 aromatic rings. The number of ether oxygens (including phenoxy) is 1. The Bertz CT molecular complexity index is 973. The SMILES string of the molecule is O=C(CN1CCOCC1)N1CCCC2(C1)Nc1ccccc1NC2=NCc1ccccc1. The number of aliphatic imine (C=N–C) groups is 1.